The largest absolute Gasteiger partial charge is 0.394 e. The molecule has 2 N–H and O–H groups in total. The molecular formula is C13H15FN2O2. The molecule has 1 aliphatic heterocycles. The van der Waals surface area contributed by atoms with Gasteiger partial charge in [-0.3, -0.25) is 0 Å². The van der Waals surface area contributed by atoms with Gasteiger partial charge in [-0.2, -0.15) is 5.26 Å². The van der Waals surface area contributed by atoms with E-state index in [4.69, 9.17) is 10.00 Å². The van der Waals surface area contributed by atoms with E-state index < -0.39 is 11.4 Å². The average Bonchev–Trinajstić information content (AvgIpc) is 2.42. The zero-order valence-corrected chi connectivity index (χ0v) is 9.95. The van der Waals surface area contributed by atoms with E-state index in [1.165, 1.54) is 12.1 Å². The lowest BCUT2D eigenvalue weighted by molar-refractivity contribution is 0.0378. The maximum atomic E-state index is 13.8. The highest BCUT2D eigenvalue weighted by molar-refractivity contribution is 5.50. The fourth-order valence-corrected chi connectivity index (χ4v) is 2.06. The van der Waals surface area contributed by atoms with Crippen molar-refractivity contribution in [3.63, 3.8) is 0 Å². The van der Waals surface area contributed by atoms with E-state index in [1.807, 2.05) is 6.07 Å². The first kappa shape index (κ1) is 12.8. The van der Waals surface area contributed by atoms with Gasteiger partial charge in [0.1, 0.15) is 5.82 Å². The van der Waals surface area contributed by atoms with Crippen LogP contribution in [0.4, 0.5) is 10.1 Å². The van der Waals surface area contributed by atoms with E-state index in [0.717, 1.165) is 0 Å². The minimum Gasteiger partial charge on any atom is -0.394 e. The first-order valence-corrected chi connectivity index (χ1v) is 5.85. The predicted molar refractivity (Wildman–Crippen MR) is 64.6 cm³/mol. The Morgan fingerprint density at radius 3 is 2.72 bits per heavy atom. The number of ether oxygens (including phenoxy) is 1. The number of benzene rings is 1. The number of rotatable bonds is 3. The summed E-state index contributed by atoms with van der Waals surface area (Å²) in [7, 11) is 0. The molecule has 0 aromatic heterocycles. The number of nitriles is 1. The van der Waals surface area contributed by atoms with Crippen LogP contribution in [0.25, 0.3) is 0 Å². The quantitative estimate of drug-likeness (QED) is 0.856. The Bertz CT molecular complexity index is 465. The summed E-state index contributed by atoms with van der Waals surface area (Å²) in [4.78, 5) is 0. The fourth-order valence-electron chi connectivity index (χ4n) is 2.06. The molecule has 0 saturated carbocycles. The first-order chi connectivity index (χ1) is 8.69. The van der Waals surface area contributed by atoms with E-state index >= 15 is 0 Å². The van der Waals surface area contributed by atoms with Crippen molar-refractivity contribution in [3.8, 4) is 6.07 Å². The second kappa shape index (κ2) is 5.34. The van der Waals surface area contributed by atoms with Crippen molar-refractivity contribution in [2.45, 2.75) is 18.4 Å². The molecule has 2 rings (SSSR count). The minimum absolute atomic E-state index is 0.0736. The summed E-state index contributed by atoms with van der Waals surface area (Å²) in [6.07, 6.45) is 1.26. The van der Waals surface area contributed by atoms with Gasteiger partial charge >= 0.3 is 0 Å². The Hall–Kier alpha value is -1.64. The lowest BCUT2D eigenvalue weighted by Crippen LogP contribution is -2.47. The van der Waals surface area contributed by atoms with Gasteiger partial charge in [-0.1, -0.05) is 0 Å². The van der Waals surface area contributed by atoms with E-state index in [2.05, 4.69) is 5.32 Å². The number of aliphatic hydroxyl groups excluding tert-OH is 1. The van der Waals surface area contributed by atoms with Crippen LogP contribution in [0.3, 0.4) is 0 Å². The number of halogens is 1. The van der Waals surface area contributed by atoms with Gasteiger partial charge in [0.2, 0.25) is 0 Å². The van der Waals surface area contributed by atoms with Gasteiger partial charge in [-0.25, -0.2) is 4.39 Å². The second-order valence-corrected chi connectivity index (χ2v) is 4.48. The molecule has 5 heteroatoms. The molecule has 4 nitrogen and oxygen atoms in total. The molecule has 0 aliphatic carbocycles. The van der Waals surface area contributed by atoms with Crippen LogP contribution in [-0.4, -0.2) is 30.5 Å². The smallest absolute Gasteiger partial charge is 0.147 e. The Kier molecular flexibility index (Phi) is 3.80. The van der Waals surface area contributed by atoms with Gasteiger partial charge < -0.3 is 15.2 Å². The van der Waals surface area contributed by atoms with Crippen LogP contribution in [0, 0.1) is 17.1 Å². The highest BCUT2D eigenvalue weighted by atomic mass is 19.1. The zero-order chi connectivity index (χ0) is 13.0. The number of nitrogens with zero attached hydrogens (tertiary/aromatic N) is 1. The van der Waals surface area contributed by atoms with Crippen LogP contribution in [0.15, 0.2) is 18.2 Å². The molecule has 1 aromatic rings. The van der Waals surface area contributed by atoms with Crippen molar-refractivity contribution in [1.82, 2.24) is 0 Å². The van der Waals surface area contributed by atoms with E-state index in [9.17, 15) is 9.50 Å². The number of hydrogen-bond acceptors (Lipinski definition) is 4. The summed E-state index contributed by atoms with van der Waals surface area (Å²) in [6, 6.07) is 6.15. The SMILES string of the molecule is N#Cc1ccc(NC2(CO)CCOCC2)c(F)c1. The second-order valence-electron chi connectivity index (χ2n) is 4.48. The summed E-state index contributed by atoms with van der Waals surface area (Å²) in [5, 5.41) is 21.2. The third kappa shape index (κ3) is 2.61. The predicted octanol–water partition coefficient (Wildman–Crippen LogP) is 1.65. The molecule has 0 amide bonds. The maximum Gasteiger partial charge on any atom is 0.147 e. The maximum absolute atomic E-state index is 13.8. The van der Waals surface area contributed by atoms with Crippen molar-refractivity contribution in [3.05, 3.63) is 29.6 Å². The van der Waals surface area contributed by atoms with Gasteiger partial charge in [0, 0.05) is 13.2 Å². The molecule has 0 bridgehead atoms. The molecule has 0 unspecified atom stereocenters. The molecule has 0 atom stereocenters. The standard InChI is InChI=1S/C13H15FN2O2/c14-11-7-10(8-15)1-2-12(11)16-13(9-17)3-5-18-6-4-13/h1-2,7,16-17H,3-6,9H2. The van der Waals surface area contributed by atoms with Crippen LogP contribution in [0.1, 0.15) is 18.4 Å². The van der Waals surface area contributed by atoms with Gasteiger partial charge in [0.15, 0.2) is 0 Å². The molecule has 1 saturated heterocycles. The van der Waals surface area contributed by atoms with Gasteiger partial charge in [0.05, 0.1) is 29.5 Å². The Morgan fingerprint density at radius 1 is 1.44 bits per heavy atom. The third-order valence-corrected chi connectivity index (χ3v) is 3.25. The molecule has 1 heterocycles. The first-order valence-electron chi connectivity index (χ1n) is 5.85. The molecule has 1 aliphatic rings. The minimum atomic E-state index is -0.534. The molecule has 1 aromatic carbocycles. The van der Waals surface area contributed by atoms with Crippen molar-refractivity contribution < 1.29 is 14.2 Å². The Morgan fingerprint density at radius 2 is 2.17 bits per heavy atom. The van der Waals surface area contributed by atoms with Crippen molar-refractivity contribution >= 4 is 5.69 Å². The van der Waals surface area contributed by atoms with Crippen LogP contribution in [-0.2, 0) is 4.74 Å². The summed E-state index contributed by atoms with van der Waals surface area (Å²) in [6.45, 7) is 1.02. The number of hydrogen-bond donors (Lipinski definition) is 2. The molecule has 0 spiro atoms. The lowest BCUT2D eigenvalue weighted by Gasteiger charge is -2.37. The van der Waals surface area contributed by atoms with Crippen molar-refractivity contribution in [2.24, 2.45) is 0 Å². The Labute approximate surface area is 105 Å². The molecule has 18 heavy (non-hydrogen) atoms. The van der Waals surface area contributed by atoms with E-state index in [-0.39, 0.29) is 12.2 Å². The lowest BCUT2D eigenvalue weighted by atomic mass is 9.90. The van der Waals surface area contributed by atoms with Crippen molar-refractivity contribution in [2.75, 3.05) is 25.1 Å². The highest BCUT2D eigenvalue weighted by Gasteiger charge is 2.32. The number of aliphatic hydroxyl groups is 1. The van der Waals surface area contributed by atoms with Crippen LogP contribution in [0.5, 0.6) is 0 Å². The normalized spacial score (nSPS) is 18.1. The molecule has 96 valence electrons. The van der Waals surface area contributed by atoms with Gasteiger partial charge in [0.25, 0.3) is 0 Å². The van der Waals surface area contributed by atoms with Gasteiger partial charge in [-0.15, -0.1) is 0 Å². The summed E-state index contributed by atoms with van der Waals surface area (Å²) in [5.41, 5.74) is 0.0563. The van der Waals surface area contributed by atoms with Crippen LogP contribution < -0.4 is 5.32 Å². The highest BCUT2D eigenvalue weighted by Crippen LogP contribution is 2.27. The fraction of sp³-hybridized carbons (Fsp3) is 0.462. The van der Waals surface area contributed by atoms with Crippen LogP contribution >= 0.6 is 0 Å². The van der Waals surface area contributed by atoms with Crippen LogP contribution in [0.2, 0.25) is 0 Å². The zero-order valence-electron chi connectivity index (χ0n) is 9.95. The topological polar surface area (TPSA) is 65.3 Å². The average molecular weight is 250 g/mol. The molecule has 0 radical (unpaired) electrons. The van der Waals surface area contributed by atoms with Gasteiger partial charge in [-0.05, 0) is 31.0 Å². The Balaban J connectivity index is 2.19. The third-order valence-electron chi connectivity index (χ3n) is 3.25. The van der Waals surface area contributed by atoms with E-state index in [1.54, 1.807) is 6.07 Å². The monoisotopic (exact) mass is 250 g/mol. The van der Waals surface area contributed by atoms with E-state index in [0.29, 0.717) is 31.7 Å². The van der Waals surface area contributed by atoms with Crippen molar-refractivity contribution in [1.29, 1.82) is 5.26 Å². The summed E-state index contributed by atoms with van der Waals surface area (Å²) < 4.78 is 19.0. The molecule has 1 fully saturated rings. The number of nitrogens with one attached hydrogen (secondary N) is 1. The number of anilines is 1. The summed E-state index contributed by atoms with van der Waals surface area (Å²) in [5.74, 6) is -0.478. The molecular weight excluding hydrogens is 235 g/mol. The summed E-state index contributed by atoms with van der Waals surface area (Å²) >= 11 is 0.